The number of halogens is 4. The molecule has 2 aliphatic heterocycles. The first kappa shape index (κ1) is 20.0. The van der Waals surface area contributed by atoms with Gasteiger partial charge in [0.1, 0.15) is 18.0 Å². The van der Waals surface area contributed by atoms with Crippen LogP contribution in [0.1, 0.15) is 54.5 Å². The average Bonchev–Trinajstić information content (AvgIpc) is 3.11. The molecule has 0 radical (unpaired) electrons. The number of amides is 2. The summed E-state index contributed by atoms with van der Waals surface area (Å²) in [5.41, 5.74) is -0.396. The lowest BCUT2D eigenvalue weighted by molar-refractivity contribution is -0.137. The lowest BCUT2D eigenvalue weighted by atomic mass is 9.56. The van der Waals surface area contributed by atoms with E-state index in [0.29, 0.717) is 43.5 Å². The smallest absolute Gasteiger partial charge is 0.323 e. The molecule has 2 saturated heterocycles. The van der Waals surface area contributed by atoms with Crippen molar-refractivity contribution in [1.29, 1.82) is 0 Å². The zero-order chi connectivity index (χ0) is 22.3. The Balaban J connectivity index is 0.981. The van der Waals surface area contributed by atoms with E-state index in [1.807, 2.05) is 9.80 Å². The van der Waals surface area contributed by atoms with Crippen LogP contribution >= 0.6 is 0 Å². The van der Waals surface area contributed by atoms with Crippen LogP contribution in [0.4, 0.5) is 22.4 Å². The molecule has 2 aliphatic carbocycles. The first-order chi connectivity index (χ1) is 15.2. The van der Waals surface area contributed by atoms with Crippen LogP contribution in [-0.2, 0) is 6.18 Å². The second-order valence-corrected chi connectivity index (χ2v) is 10.3. The van der Waals surface area contributed by atoms with Crippen LogP contribution in [0.3, 0.4) is 0 Å². The van der Waals surface area contributed by atoms with Gasteiger partial charge in [0.05, 0.1) is 5.56 Å². The number of alkyl halides is 3. The molecule has 1 aromatic heterocycles. The summed E-state index contributed by atoms with van der Waals surface area (Å²) in [5, 5.41) is 6.82. The minimum Gasteiger partial charge on any atom is -0.323 e. The summed E-state index contributed by atoms with van der Waals surface area (Å²) in [7, 11) is 0. The molecule has 4 aliphatic rings. The Morgan fingerprint density at radius 2 is 1.59 bits per heavy atom. The van der Waals surface area contributed by atoms with Gasteiger partial charge in [-0.1, -0.05) is 6.07 Å². The Labute approximate surface area is 182 Å². The van der Waals surface area contributed by atoms with Gasteiger partial charge in [-0.05, 0) is 49.3 Å². The van der Waals surface area contributed by atoms with E-state index in [1.165, 1.54) is 12.4 Å². The maximum atomic E-state index is 14.2. The SMILES string of the molecule is O=C(N1CC2(CC(c3ncn[nH]3)C2)C1)N1CC2(CC(c3ccc(C(F)(F)F)cc3F)C2)C1. The van der Waals surface area contributed by atoms with Crippen LogP contribution in [0, 0.1) is 16.6 Å². The van der Waals surface area contributed by atoms with E-state index in [1.54, 1.807) is 0 Å². The van der Waals surface area contributed by atoms with Gasteiger partial charge in [0.2, 0.25) is 0 Å². The van der Waals surface area contributed by atoms with Crippen molar-refractivity contribution in [1.82, 2.24) is 25.0 Å². The number of urea groups is 1. The molecule has 0 atom stereocenters. The van der Waals surface area contributed by atoms with Crippen molar-refractivity contribution in [3.63, 3.8) is 0 Å². The molecule has 2 amide bonds. The van der Waals surface area contributed by atoms with Gasteiger partial charge in [-0.3, -0.25) is 5.10 Å². The molecular formula is C22H23F4N5O. The monoisotopic (exact) mass is 449 g/mol. The molecular weight excluding hydrogens is 426 g/mol. The third-order valence-electron chi connectivity index (χ3n) is 7.95. The summed E-state index contributed by atoms with van der Waals surface area (Å²) in [6.45, 7) is 2.85. The maximum absolute atomic E-state index is 14.2. The Kier molecular flexibility index (Phi) is 4.03. The summed E-state index contributed by atoms with van der Waals surface area (Å²) in [4.78, 5) is 20.7. The molecule has 10 heteroatoms. The molecule has 3 heterocycles. The van der Waals surface area contributed by atoms with Crippen molar-refractivity contribution in [2.75, 3.05) is 26.2 Å². The molecule has 2 aromatic rings. The van der Waals surface area contributed by atoms with E-state index in [0.717, 1.165) is 37.8 Å². The lowest BCUT2D eigenvalue weighted by Crippen LogP contribution is -2.70. The number of aromatic amines is 1. The highest BCUT2D eigenvalue weighted by Gasteiger charge is 2.59. The zero-order valence-electron chi connectivity index (χ0n) is 17.3. The van der Waals surface area contributed by atoms with Crippen LogP contribution in [0.25, 0.3) is 0 Å². The zero-order valence-corrected chi connectivity index (χ0v) is 17.3. The van der Waals surface area contributed by atoms with Crippen molar-refractivity contribution >= 4 is 6.03 Å². The number of carbonyl (C=O) groups is 1. The highest BCUT2D eigenvalue weighted by molar-refractivity contribution is 5.77. The van der Waals surface area contributed by atoms with Crippen LogP contribution in [0.5, 0.6) is 0 Å². The van der Waals surface area contributed by atoms with Crippen LogP contribution in [-0.4, -0.2) is 57.2 Å². The fraction of sp³-hybridized carbons (Fsp3) is 0.591. The predicted molar refractivity (Wildman–Crippen MR) is 105 cm³/mol. The van der Waals surface area contributed by atoms with Crippen molar-refractivity contribution < 1.29 is 22.4 Å². The van der Waals surface area contributed by atoms with Crippen LogP contribution < -0.4 is 0 Å². The molecule has 32 heavy (non-hydrogen) atoms. The van der Waals surface area contributed by atoms with Gasteiger partial charge in [0.25, 0.3) is 0 Å². The molecule has 2 spiro atoms. The van der Waals surface area contributed by atoms with Gasteiger partial charge >= 0.3 is 12.2 Å². The molecule has 1 N–H and O–H groups in total. The fourth-order valence-corrected chi connectivity index (χ4v) is 6.34. The molecule has 0 bridgehead atoms. The second kappa shape index (κ2) is 6.45. The minimum absolute atomic E-state index is 0.00806. The number of likely N-dealkylation sites (tertiary alicyclic amines) is 2. The minimum atomic E-state index is -4.54. The number of aromatic nitrogens is 3. The van der Waals surface area contributed by atoms with Crippen LogP contribution in [0.15, 0.2) is 24.5 Å². The first-order valence-corrected chi connectivity index (χ1v) is 10.9. The predicted octanol–water partition coefficient (Wildman–Crippen LogP) is 4.14. The topological polar surface area (TPSA) is 65.1 Å². The van der Waals surface area contributed by atoms with E-state index < -0.39 is 17.6 Å². The summed E-state index contributed by atoms with van der Waals surface area (Å²) >= 11 is 0. The molecule has 6 nitrogen and oxygen atoms in total. The molecule has 170 valence electrons. The Hall–Kier alpha value is -2.65. The molecule has 2 saturated carbocycles. The summed E-state index contributed by atoms with van der Waals surface area (Å²) in [5.74, 6) is 0.459. The van der Waals surface area contributed by atoms with E-state index in [-0.39, 0.29) is 22.8 Å². The number of benzene rings is 1. The number of hydrogen-bond acceptors (Lipinski definition) is 3. The fourth-order valence-electron chi connectivity index (χ4n) is 6.34. The Morgan fingerprint density at radius 1 is 1.00 bits per heavy atom. The van der Waals surface area contributed by atoms with E-state index in [4.69, 9.17) is 0 Å². The Bertz CT molecular complexity index is 1040. The van der Waals surface area contributed by atoms with Gasteiger partial charge in [-0.2, -0.15) is 18.3 Å². The number of rotatable bonds is 2. The van der Waals surface area contributed by atoms with Crippen molar-refractivity contribution in [2.24, 2.45) is 10.8 Å². The van der Waals surface area contributed by atoms with Crippen LogP contribution in [0.2, 0.25) is 0 Å². The number of nitrogens with zero attached hydrogens (tertiary/aromatic N) is 4. The summed E-state index contributed by atoms with van der Waals surface area (Å²) in [6, 6.07) is 2.87. The largest absolute Gasteiger partial charge is 0.416 e. The number of nitrogens with one attached hydrogen (secondary N) is 1. The summed E-state index contributed by atoms with van der Waals surface area (Å²) < 4.78 is 52.5. The number of hydrogen-bond donors (Lipinski definition) is 1. The van der Waals surface area contributed by atoms with Gasteiger partial charge in [0, 0.05) is 42.9 Å². The highest BCUT2D eigenvalue weighted by atomic mass is 19.4. The molecule has 6 rings (SSSR count). The average molecular weight is 449 g/mol. The van der Waals surface area contributed by atoms with Crippen molar-refractivity contribution in [2.45, 2.75) is 43.7 Å². The first-order valence-electron chi connectivity index (χ1n) is 10.9. The normalized spacial score (nSPS) is 24.1. The standard InChI is InChI=1S/C22H23F4N5O/c23-17-3-15(22(24,25)26)1-2-16(17)13-4-20(5-13)8-30(9-20)19(32)31-10-21(11-31)6-14(7-21)18-27-12-28-29-18/h1-3,12-14H,4-11H2,(H,27,28,29). The molecule has 4 fully saturated rings. The van der Waals surface area contributed by atoms with Gasteiger partial charge in [0.15, 0.2) is 0 Å². The lowest BCUT2D eigenvalue weighted by Gasteiger charge is -2.63. The Morgan fingerprint density at radius 3 is 2.09 bits per heavy atom. The van der Waals surface area contributed by atoms with E-state index in [9.17, 15) is 22.4 Å². The van der Waals surface area contributed by atoms with E-state index >= 15 is 0 Å². The van der Waals surface area contributed by atoms with Gasteiger partial charge in [-0.25, -0.2) is 14.2 Å². The third-order valence-corrected chi connectivity index (χ3v) is 7.95. The van der Waals surface area contributed by atoms with Gasteiger partial charge in [-0.15, -0.1) is 0 Å². The molecule has 0 unspecified atom stereocenters. The number of H-pyrrole nitrogens is 1. The molecule has 1 aromatic carbocycles. The maximum Gasteiger partial charge on any atom is 0.416 e. The highest BCUT2D eigenvalue weighted by Crippen LogP contribution is 2.58. The van der Waals surface area contributed by atoms with Gasteiger partial charge < -0.3 is 9.80 Å². The van der Waals surface area contributed by atoms with E-state index in [2.05, 4.69) is 15.2 Å². The van der Waals surface area contributed by atoms with Crippen molar-refractivity contribution in [3.05, 3.63) is 47.3 Å². The summed E-state index contributed by atoms with van der Waals surface area (Å²) in [6.07, 6.45) is 0.449. The number of carbonyl (C=O) groups excluding carboxylic acids is 1. The third kappa shape index (κ3) is 3.02. The second-order valence-electron chi connectivity index (χ2n) is 10.3. The quantitative estimate of drug-likeness (QED) is 0.701. The van der Waals surface area contributed by atoms with Crippen molar-refractivity contribution in [3.8, 4) is 0 Å².